The van der Waals surface area contributed by atoms with Crippen molar-refractivity contribution in [3.05, 3.63) is 36.0 Å². The molecule has 1 unspecified atom stereocenters. The second kappa shape index (κ2) is 5.15. The number of hydrogen-bond acceptors (Lipinski definition) is 3. The maximum atomic E-state index is 9.98. The van der Waals surface area contributed by atoms with E-state index in [-0.39, 0.29) is 0 Å². The molecule has 0 aliphatic carbocycles. The Bertz CT molecular complexity index is 511. The van der Waals surface area contributed by atoms with Crippen LogP contribution in [-0.2, 0) is 0 Å². The van der Waals surface area contributed by atoms with Gasteiger partial charge in [-0.05, 0) is 18.6 Å². The van der Waals surface area contributed by atoms with Gasteiger partial charge in [-0.3, -0.25) is 0 Å². The number of aliphatic hydroxyl groups excluding tert-OH is 1. The zero-order chi connectivity index (χ0) is 12.3. The molecule has 3 heteroatoms. The van der Waals surface area contributed by atoms with Crippen LogP contribution in [0.15, 0.2) is 30.3 Å². The molecule has 0 fully saturated rings. The summed E-state index contributed by atoms with van der Waals surface area (Å²) in [6, 6.07) is 9.61. The zero-order valence-electron chi connectivity index (χ0n) is 10.2. The van der Waals surface area contributed by atoms with Crippen molar-refractivity contribution >= 4 is 10.9 Å². The third-order valence-corrected chi connectivity index (χ3v) is 2.82. The van der Waals surface area contributed by atoms with Gasteiger partial charge in [-0.25, -0.2) is 4.98 Å². The minimum absolute atomic E-state index is 0.515. The molecule has 2 rings (SSSR count). The largest absolute Gasteiger partial charge is 0.496 e. The van der Waals surface area contributed by atoms with Crippen LogP contribution < -0.4 is 4.74 Å². The van der Waals surface area contributed by atoms with Crippen molar-refractivity contribution in [1.29, 1.82) is 0 Å². The lowest BCUT2D eigenvalue weighted by Gasteiger charge is -2.12. The van der Waals surface area contributed by atoms with Gasteiger partial charge in [0, 0.05) is 11.5 Å². The van der Waals surface area contributed by atoms with Gasteiger partial charge in [-0.1, -0.05) is 25.5 Å². The molecule has 1 N–H and O–H groups in total. The summed E-state index contributed by atoms with van der Waals surface area (Å²) in [4.78, 5) is 4.47. The molecule has 3 nitrogen and oxygen atoms in total. The van der Waals surface area contributed by atoms with Crippen molar-refractivity contribution < 1.29 is 9.84 Å². The monoisotopic (exact) mass is 231 g/mol. The average molecular weight is 231 g/mol. The highest BCUT2D eigenvalue weighted by Crippen LogP contribution is 2.28. The van der Waals surface area contributed by atoms with Gasteiger partial charge in [0.15, 0.2) is 0 Å². The van der Waals surface area contributed by atoms with Crippen LogP contribution in [0.3, 0.4) is 0 Å². The molecule has 1 heterocycles. The number of nitrogens with zero attached hydrogens (tertiary/aromatic N) is 1. The first-order valence-electron chi connectivity index (χ1n) is 5.88. The summed E-state index contributed by atoms with van der Waals surface area (Å²) in [5.74, 6) is 0.765. The Labute approximate surface area is 101 Å². The molecular weight excluding hydrogens is 214 g/mol. The average Bonchev–Trinajstić information content (AvgIpc) is 2.37. The topological polar surface area (TPSA) is 42.4 Å². The minimum Gasteiger partial charge on any atom is -0.496 e. The molecular formula is C14H17NO2. The summed E-state index contributed by atoms with van der Waals surface area (Å²) in [5.41, 5.74) is 1.54. The van der Waals surface area contributed by atoms with E-state index in [1.807, 2.05) is 37.3 Å². The molecule has 0 aliphatic heterocycles. The number of hydrogen-bond donors (Lipinski definition) is 1. The zero-order valence-corrected chi connectivity index (χ0v) is 10.2. The van der Waals surface area contributed by atoms with Gasteiger partial charge in [0.2, 0.25) is 0 Å². The van der Waals surface area contributed by atoms with Crippen LogP contribution >= 0.6 is 0 Å². The van der Waals surface area contributed by atoms with Crippen LogP contribution in [0.25, 0.3) is 10.9 Å². The first-order valence-corrected chi connectivity index (χ1v) is 5.88. The highest BCUT2D eigenvalue weighted by atomic mass is 16.5. The van der Waals surface area contributed by atoms with Crippen LogP contribution in [-0.4, -0.2) is 17.2 Å². The van der Waals surface area contributed by atoms with Crippen LogP contribution in [0, 0.1) is 0 Å². The fourth-order valence-corrected chi connectivity index (χ4v) is 1.92. The normalized spacial score (nSPS) is 12.6. The quantitative estimate of drug-likeness (QED) is 0.879. The molecule has 1 aromatic carbocycles. The molecule has 2 aromatic rings. The van der Waals surface area contributed by atoms with Gasteiger partial charge >= 0.3 is 0 Å². The molecule has 90 valence electrons. The first kappa shape index (κ1) is 11.9. The molecule has 0 aliphatic rings. The van der Waals surface area contributed by atoms with E-state index >= 15 is 0 Å². The van der Waals surface area contributed by atoms with E-state index in [2.05, 4.69) is 4.98 Å². The molecule has 0 saturated carbocycles. The van der Waals surface area contributed by atoms with Gasteiger partial charge in [0.05, 0.1) is 24.4 Å². The maximum Gasteiger partial charge on any atom is 0.130 e. The lowest BCUT2D eigenvalue weighted by molar-refractivity contribution is 0.162. The number of aliphatic hydroxyl groups is 1. The predicted molar refractivity (Wildman–Crippen MR) is 68.2 cm³/mol. The third kappa shape index (κ3) is 2.39. The molecule has 1 aromatic heterocycles. The number of benzene rings is 1. The smallest absolute Gasteiger partial charge is 0.130 e. The second-order valence-electron chi connectivity index (χ2n) is 4.07. The number of rotatable bonds is 4. The number of pyridine rings is 1. The summed E-state index contributed by atoms with van der Waals surface area (Å²) in [6.45, 7) is 2.04. The molecule has 0 saturated heterocycles. The van der Waals surface area contributed by atoms with E-state index in [0.717, 1.165) is 23.1 Å². The molecule has 0 radical (unpaired) electrons. The first-order chi connectivity index (χ1) is 8.26. The summed E-state index contributed by atoms with van der Waals surface area (Å²) in [5, 5.41) is 11.0. The summed E-state index contributed by atoms with van der Waals surface area (Å²) in [7, 11) is 1.64. The number of para-hydroxylation sites is 1. The number of fused-ring (bicyclic) bond motifs is 1. The van der Waals surface area contributed by atoms with Gasteiger partial charge in [0.25, 0.3) is 0 Å². The van der Waals surface area contributed by atoms with E-state index in [1.54, 1.807) is 7.11 Å². The Balaban J connectivity index is 2.52. The van der Waals surface area contributed by atoms with Crippen LogP contribution in [0.5, 0.6) is 5.75 Å². The van der Waals surface area contributed by atoms with E-state index < -0.39 is 6.10 Å². The Morgan fingerprint density at radius 2 is 2.12 bits per heavy atom. The number of aromatic nitrogens is 1. The van der Waals surface area contributed by atoms with Crippen molar-refractivity contribution in [2.24, 2.45) is 0 Å². The second-order valence-corrected chi connectivity index (χ2v) is 4.07. The maximum absolute atomic E-state index is 9.98. The number of ether oxygens (including phenoxy) is 1. The van der Waals surface area contributed by atoms with E-state index in [0.29, 0.717) is 12.1 Å². The van der Waals surface area contributed by atoms with Crippen LogP contribution in [0.4, 0.5) is 0 Å². The third-order valence-electron chi connectivity index (χ3n) is 2.82. The SMILES string of the molecule is CCCC(O)c1cc(OC)c2ccccc2n1. The molecule has 0 bridgehead atoms. The molecule has 0 amide bonds. The van der Waals surface area contributed by atoms with E-state index in [9.17, 15) is 5.11 Å². The Morgan fingerprint density at radius 1 is 1.35 bits per heavy atom. The van der Waals surface area contributed by atoms with Crippen molar-refractivity contribution in [2.45, 2.75) is 25.9 Å². The summed E-state index contributed by atoms with van der Waals surface area (Å²) >= 11 is 0. The molecule has 1 atom stereocenters. The fraction of sp³-hybridized carbons (Fsp3) is 0.357. The van der Waals surface area contributed by atoms with Crippen molar-refractivity contribution in [2.75, 3.05) is 7.11 Å². The van der Waals surface area contributed by atoms with Gasteiger partial charge < -0.3 is 9.84 Å². The highest BCUT2D eigenvalue weighted by molar-refractivity contribution is 5.85. The molecule has 17 heavy (non-hydrogen) atoms. The highest BCUT2D eigenvalue weighted by Gasteiger charge is 2.12. The molecule has 0 spiro atoms. The Hall–Kier alpha value is -1.61. The van der Waals surface area contributed by atoms with Gasteiger partial charge in [0.1, 0.15) is 5.75 Å². The van der Waals surface area contributed by atoms with E-state index in [1.165, 1.54) is 0 Å². The van der Waals surface area contributed by atoms with Crippen LogP contribution in [0.1, 0.15) is 31.6 Å². The summed E-state index contributed by atoms with van der Waals surface area (Å²) in [6.07, 6.45) is 1.13. The summed E-state index contributed by atoms with van der Waals surface area (Å²) < 4.78 is 5.35. The lowest BCUT2D eigenvalue weighted by Crippen LogP contribution is -2.01. The lowest BCUT2D eigenvalue weighted by atomic mass is 10.1. The van der Waals surface area contributed by atoms with Crippen LogP contribution in [0.2, 0.25) is 0 Å². The van der Waals surface area contributed by atoms with Gasteiger partial charge in [-0.2, -0.15) is 0 Å². The minimum atomic E-state index is -0.515. The fourth-order valence-electron chi connectivity index (χ4n) is 1.92. The van der Waals surface area contributed by atoms with Crippen molar-refractivity contribution in [3.63, 3.8) is 0 Å². The predicted octanol–water partition coefficient (Wildman–Crippen LogP) is 3.08. The Kier molecular flexibility index (Phi) is 3.59. The standard InChI is InChI=1S/C14H17NO2/c1-3-6-13(16)12-9-14(17-2)10-7-4-5-8-11(10)15-12/h4-5,7-9,13,16H,3,6H2,1-2H3. The van der Waals surface area contributed by atoms with Gasteiger partial charge in [-0.15, -0.1) is 0 Å². The van der Waals surface area contributed by atoms with Crippen molar-refractivity contribution in [3.8, 4) is 5.75 Å². The number of methoxy groups -OCH3 is 1. The van der Waals surface area contributed by atoms with E-state index in [4.69, 9.17) is 4.74 Å². The van der Waals surface area contributed by atoms with Crippen molar-refractivity contribution in [1.82, 2.24) is 4.98 Å². The Morgan fingerprint density at radius 3 is 2.82 bits per heavy atom.